The molecule has 3 aromatic rings. The van der Waals surface area contributed by atoms with Gasteiger partial charge in [-0.15, -0.1) is 22.7 Å². The monoisotopic (exact) mass is 422 g/mol. The molecule has 0 aliphatic rings. The number of carbonyl (C=O) groups is 1. The number of nitrogens with one attached hydrogen (secondary N) is 2. The van der Waals surface area contributed by atoms with Crippen molar-refractivity contribution in [3.8, 4) is 5.75 Å². The number of benzene rings is 1. The Hall–Kier alpha value is -2.36. The summed E-state index contributed by atoms with van der Waals surface area (Å²) in [7, 11) is -3.71. The fourth-order valence-electron chi connectivity index (χ4n) is 2.49. The molecule has 0 aliphatic carbocycles. The Morgan fingerprint density at radius 2 is 1.89 bits per heavy atom. The molecule has 0 spiro atoms. The summed E-state index contributed by atoms with van der Waals surface area (Å²) in [6, 6.07) is 11.1. The van der Waals surface area contributed by atoms with Crippen molar-refractivity contribution in [2.45, 2.75) is 23.6 Å². The van der Waals surface area contributed by atoms with E-state index in [0.717, 1.165) is 16.2 Å². The number of amides is 1. The first-order valence-electron chi connectivity index (χ1n) is 8.08. The summed E-state index contributed by atoms with van der Waals surface area (Å²) in [5.41, 5.74) is 0.274. The van der Waals surface area contributed by atoms with Gasteiger partial charge < -0.3 is 10.4 Å². The van der Waals surface area contributed by atoms with E-state index in [2.05, 4.69) is 10.0 Å². The number of aromatic hydroxyl groups is 1. The molecule has 3 N–H and O–H groups in total. The van der Waals surface area contributed by atoms with Gasteiger partial charge in [0.05, 0.1) is 11.3 Å². The van der Waals surface area contributed by atoms with Crippen LogP contribution in [0.4, 0.5) is 5.69 Å². The first-order chi connectivity index (χ1) is 12.8. The van der Waals surface area contributed by atoms with Crippen LogP contribution in [0.2, 0.25) is 0 Å². The standard InChI is InChI=1S/C18H18N2O4S3/c1-12(10-14-4-2-8-25-14)19-18(22)15-7-6-13(11-16(15)21)20-27(23,24)17-5-3-9-26-17/h2-9,11-12,20-21H,10H2,1H3,(H,19,22). The lowest BCUT2D eigenvalue weighted by molar-refractivity contribution is 0.0937. The van der Waals surface area contributed by atoms with Crippen LogP contribution in [0.5, 0.6) is 5.75 Å². The van der Waals surface area contributed by atoms with Gasteiger partial charge in [-0.05, 0) is 41.9 Å². The number of sulfonamides is 1. The van der Waals surface area contributed by atoms with E-state index < -0.39 is 15.9 Å². The van der Waals surface area contributed by atoms with Crippen LogP contribution in [0.1, 0.15) is 22.2 Å². The Bertz CT molecular complexity index is 1010. The first kappa shape index (κ1) is 19.4. The third kappa shape index (κ3) is 4.88. The van der Waals surface area contributed by atoms with Crippen molar-refractivity contribution in [2.75, 3.05) is 4.72 Å². The summed E-state index contributed by atoms with van der Waals surface area (Å²) in [5, 5.41) is 16.6. The molecule has 6 nitrogen and oxygen atoms in total. The molecule has 0 radical (unpaired) electrons. The van der Waals surface area contributed by atoms with Crippen LogP contribution in [0.25, 0.3) is 0 Å². The van der Waals surface area contributed by atoms with Crippen LogP contribution in [-0.2, 0) is 16.4 Å². The quantitative estimate of drug-likeness (QED) is 0.541. The Kier molecular flexibility index (Phi) is 5.83. The number of phenolic OH excluding ortho intramolecular Hbond substituents is 1. The fourth-order valence-corrected chi connectivity index (χ4v) is 5.37. The lowest BCUT2D eigenvalue weighted by Crippen LogP contribution is -2.33. The van der Waals surface area contributed by atoms with Crippen molar-refractivity contribution >= 4 is 44.3 Å². The Labute approximate surface area is 165 Å². The van der Waals surface area contributed by atoms with Crippen molar-refractivity contribution in [3.63, 3.8) is 0 Å². The summed E-state index contributed by atoms with van der Waals surface area (Å²) >= 11 is 2.71. The number of carbonyl (C=O) groups excluding carboxylic acids is 1. The highest BCUT2D eigenvalue weighted by atomic mass is 32.2. The highest BCUT2D eigenvalue weighted by Gasteiger charge is 2.18. The minimum Gasteiger partial charge on any atom is -0.507 e. The third-order valence-electron chi connectivity index (χ3n) is 3.72. The zero-order valence-electron chi connectivity index (χ0n) is 14.4. The minimum absolute atomic E-state index is 0.0899. The van der Waals surface area contributed by atoms with Gasteiger partial charge in [-0.3, -0.25) is 9.52 Å². The zero-order valence-corrected chi connectivity index (χ0v) is 16.8. The molecule has 0 aliphatic heterocycles. The van der Waals surface area contributed by atoms with E-state index in [1.165, 1.54) is 24.3 Å². The van der Waals surface area contributed by atoms with Gasteiger partial charge in [0.2, 0.25) is 0 Å². The molecular weight excluding hydrogens is 404 g/mol. The van der Waals surface area contributed by atoms with Gasteiger partial charge in [0.25, 0.3) is 15.9 Å². The third-order valence-corrected chi connectivity index (χ3v) is 7.40. The molecule has 0 fully saturated rings. The largest absolute Gasteiger partial charge is 0.507 e. The molecule has 9 heteroatoms. The number of phenols is 1. The smallest absolute Gasteiger partial charge is 0.271 e. The lowest BCUT2D eigenvalue weighted by atomic mass is 10.1. The number of rotatable bonds is 7. The van der Waals surface area contributed by atoms with Crippen LogP contribution in [0, 0.1) is 0 Å². The Balaban J connectivity index is 1.68. The van der Waals surface area contributed by atoms with Crippen molar-refractivity contribution < 1.29 is 18.3 Å². The van der Waals surface area contributed by atoms with E-state index in [4.69, 9.17) is 0 Å². The summed E-state index contributed by atoms with van der Waals surface area (Å²) in [6.45, 7) is 1.89. The van der Waals surface area contributed by atoms with Gasteiger partial charge in [-0.2, -0.15) is 0 Å². The molecule has 27 heavy (non-hydrogen) atoms. The zero-order chi connectivity index (χ0) is 19.4. The van der Waals surface area contributed by atoms with Gasteiger partial charge in [0, 0.05) is 23.4 Å². The molecule has 0 bridgehead atoms. The molecule has 3 rings (SSSR count). The molecule has 0 saturated carbocycles. The SMILES string of the molecule is CC(Cc1cccs1)NC(=O)c1ccc(NS(=O)(=O)c2cccs2)cc1O. The van der Waals surface area contributed by atoms with Crippen LogP contribution in [-0.4, -0.2) is 25.5 Å². The predicted molar refractivity (Wildman–Crippen MR) is 108 cm³/mol. The molecule has 2 aromatic heterocycles. The van der Waals surface area contributed by atoms with Crippen molar-refractivity contribution in [1.29, 1.82) is 0 Å². The molecule has 0 saturated heterocycles. The average Bonchev–Trinajstić information content (AvgIpc) is 3.28. The van der Waals surface area contributed by atoms with Gasteiger partial charge in [0.15, 0.2) is 0 Å². The normalized spacial score (nSPS) is 12.5. The van der Waals surface area contributed by atoms with Gasteiger partial charge in [-0.1, -0.05) is 12.1 Å². The maximum Gasteiger partial charge on any atom is 0.271 e. The number of anilines is 1. The minimum atomic E-state index is -3.71. The van der Waals surface area contributed by atoms with Gasteiger partial charge in [0.1, 0.15) is 9.96 Å². The molecule has 1 unspecified atom stereocenters. The maximum atomic E-state index is 12.4. The van der Waals surface area contributed by atoms with E-state index in [9.17, 15) is 18.3 Å². The molecule has 1 atom stereocenters. The van der Waals surface area contributed by atoms with Crippen LogP contribution < -0.4 is 10.0 Å². The predicted octanol–water partition coefficient (Wildman–Crippen LogP) is 3.68. The number of hydrogen-bond acceptors (Lipinski definition) is 6. The summed E-state index contributed by atoms with van der Waals surface area (Å²) in [5.74, 6) is -0.702. The van der Waals surface area contributed by atoms with E-state index >= 15 is 0 Å². The fraction of sp³-hybridized carbons (Fsp3) is 0.167. The molecule has 1 amide bonds. The number of hydrogen-bond donors (Lipinski definition) is 3. The summed E-state index contributed by atoms with van der Waals surface area (Å²) in [4.78, 5) is 13.5. The highest BCUT2D eigenvalue weighted by Crippen LogP contribution is 2.25. The Morgan fingerprint density at radius 3 is 2.52 bits per heavy atom. The van der Waals surface area contributed by atoms with Gasteiger partial charge in [-0.25, -0.2) is 8.42 Å². The second kappa shape index (κ2) is 8.12. The summed E-state index contributed by atoms with van der Waals surface area (Å²) < 4.78 is 27.0. The summed E-state index contributed by atoms with van der Waals surface area (Å²) in [6.07, 6.45) is 0.697. The highest BCUT2D eigenvalue weighted by molar-refractivity contribution is 7.94. The van der Waals surface area contributed by atoms with E-state index in [1.54, 1.807) is 22.8 Å². The van der Waals surface area contributed by atoms with Crippen molar-refractivity contribution in [1.82, 2.24) is 5.32 Å². The average molecular weight is 423 g/mol. The van der Waals surface area contributed by atoms with Crippen LogP contribution >= 0.6 is 22.7 Å². The molecule has 2 heterocycles. The van der Waals surface area contributed by atoms with Crippen molar-refractivity contribution in [2.24, 2.45) is 0 Å². The van der Waals surface area contributed by atoms with Crippen LogP contribution in [0.15, 0.2) is 57.4 Å². The molecule has 142 valence electrons. The van der Waals surface area contributed by atoms with E-state index in [1.807, 2.05) is 24.4 Å². The van der Waals surface area contributed by atoms with Crippen molar-refractivity contribution in [3.05, 3.63) is 63.7 Å². The Morgan fingerprint density at radius 1 is 1.15 bits per heavy atom. The van der Waals surface area contributed by atoms with E-state index in [-0.39, 0.29) is 27.3 Å². The maximum absolute atomic E-state index is 12.4. The number of thiophene rings is 2. The second-order valence-corrected chi connectivity index (χ2v) is 9.82. The van der Waals surface area contributed by atoms with Crippen LogP contribution in [0.3, 0.4) is 0 Å². The second-order valence-electron chi connectivity index (χ2n) is 5.93. The van der Waals surface area contributed by atoms with Gasteiger partial charge >= 0.3 is 0 Å². The topological polar surface area (TPSA) is 95.5 Å². The lowest BCUT2D eigenvalue weighted by Gasteiger charge is -2.14. The van der Waals surface area contributed by atoms with E-state index in [0.29, 0.717) is 6.42 Å². The first-order valence-corrected chi connectivity index (χ1v) is 11.3. The molecular formula is C18H18N2O4S3. The molecule has 1 aromatic carbocycles.